The fourth-order valence-corrected chi connectivity index (χ4v) is 5.37. The molecule has 2 aliphatic heterocycles. The lowest BCUT2D eigenvalue weighted by molar-refractivity contribution is 0.533. The molecule has 0 unspecified atom stereocenters. The van der Waals surface area contributed by atoms with E-state index >= 15 is 0 Å². The van der Waals surface area contributed by atoms with E-state index < -0.39 is 0 Å². The smallest absolute Gasteiger partial charge is 0.215 e. The van der Waals surface area contributed by atoms with Gasteiger partial charge in [0.05, 0.1) is 0 Å². The molecule has 2 saturated heterocycles. The van der Waals surface area contributed by atoms with E-state index in [-0.39, 0.29) is 5.82 Å². The minimum Gasteiger partial charge on any atom is -0.346 e. The molecule has 6 rings (SSSR count). The first-order valence-corrected chi connectivity index (χ1v) is 10.6. The minimum absolute atomic E-state index is 0.255. The zero-order valence-electron chi connectivity index (χ0n) is 15.6. The summed E-state index contributed by atoms with van der Waals surface area (Å²) >= 11 is 1.62. The van der Waals surface area contributed by atoms with Gasteiger partial charge >= 0.3 is 0 Å². The molecule has 146 valence electrons. The molecule has 0 aliphatic carbocycles. The Labute approximate surface area is 171 Å². The molecule has 3 aromatic heterocycles. The number of rotatable bonds is 3. The standard InChI is InChI=1S/C21H19FN6S/c22-17-3-1-13(2-4-17)18-19(14-5-7-23-8-6-14)28-20(25-18)29-21(26-28)27-11-15-9-24-10-16(15)12-27/h1-8,15-16,24H,9-12H2/t15-,16+. The average molecular weight is 406 g/mol. The van der Waals surface area contributed by atoms with Crippen LogP contribution in [0.4, 0.5) is 9.52 Å². The largest absolute Gasteiger partial charge is 0.346 e. The molecule has 1 aromatic carbocycles. The van der Waals surface area contributed by atoms with Crippen LogP contribution in [-0.4, -0.2) is 45.8 Å². The highest BCUT2D eigenvalue weighted by Crippen LogP contribution is 2.38. The summed E-state index contributed by atoms with van der Waals surface area (Å²) in [4.78, 5) is 12.3. The summed E-state index contributed by atoms with van der Waals surface area (Å²) in [6, 6.07) is 10.4. The summed E-state index contributed by atoms with van der Waals surface area (Å²) in [5.41, 5.74) is 3.59. The summed E-state index contributed by atoms with van der Waals surface area (Å²) in [5, 5.41) is 9.45. The number of imidazole rings is 1. The maximum absolute atomic E-state index is 13.4. The van der Waals surface area contributed by atoms with Crippen molar-refractivity contribution in [1.82, 2.24) is 24.9 Å². The molecule has 2 atom stereocenters. The Morgan fingerprint density at radius 3 is 2.41 bits per heavy atom. The number of benzene rings is 1. The second-order valence-electron chi connectivity index (χ2n) is 7.71. The van der Waals surface area contributed by atoms with Crippen molar-refractivity contribution < 1.29 is 4.39 Å². The van der Waals surface area contributed by atoms with Crippen LogP contribution < -0.4 is 10.2 Å². The Morgan fingerprint density at radius 1 is 0.966 bits per heavy atom. The van der Waals surface area contributed by atoms with Gasteiger partial charge in [-0.25, -0.2) is 13.9 Å². The number of aromatic nitrogens is 4. The van der Waals surface area contributed by atoms with Crippen LogP contribution in [0, 0.1) is 17.7 Å². The van der Waals surface area contributed by atoms with E-state index in [1.807, 2.05) is 16.6 Å². The van der Waals surface area contributed by atoms with Gasteiger partial charge in [-0.15, -0.1) is 5.10 Å². The molecule has 0 amide bonds. The van der Waals surface area contributed by atoms with Gasteiger partial charge in [-0.3, -0.25) is 4.98 Å². The molecule has 4 aromatic rings. The topological polar surface area (TPSA) is 58.4 Å². The molecule has 0 saturated carbocycles. The van der Waals surface area contributed by atoms with Gasteiger partial charge < -0.3 is 10.2 Å². The predicted octanol–water partition coefficient (Wildman–Crippen LogP) is 3.31. The third-order valence-electron chi connectivity index (χ3n) is 5.92. The summed E-state index contributed by atoms with van der Waals surface area (Å²) in [5.74, 6) is 1.16. The van der Waals surface area contributed by atoms with Crippen molar-refractivity contribution in [2.24, 2.45) is 11.8 Å². The Hall–Kier alpha value is -2.84. The molecule has 1 N–H and O–H groups in total. The molecule has 5 heterocycles. The maximum atomic E-state index is 13.4. The zero-order chi connectivity index (χ0) is 19.4. The summed E-state index contributed by atoms with van der Waals surface area (Å²) in [6.45, 7) is 4.29. The lowest BCUT2D eigenvalue weighted by atomic mass is 10.0. The number of nitrogens with one attached hydrogen (secondary N) is 1. The van der Waals surface area contributed by atoms with Gasteiger partial charge in [0.1, 0.15) is 17.2 Å². The zero-order valence-corrected chi connectivity index (χ0v) is 16.4. The Balaban J connectivity index is 1.47. The average Bonchev–Trinajstić information content (AvgIpc) is 3.48. The third-order valence-corrected chi connectivity index (χ3v) is 6.89. The second-order valence-corrected chi connectivity index (χ2v) is 8.65. The quantitative estimate of drug-likeness (QED) is 0.566. The van der Waals surface area contributed by atoms with E-state index in [2.05, 4.69) is 15.2 Å². The number of anilines is 1. The number of pyridine rings is 1. The molecule has 0 radical (unpaired) electrons. The van der Waals surface area contributed by atoms with E-state index in [1.54, 1.807) is 35.9 Å². The minimum atomic E-state index is -0.255. The first-order valence-electron chi connectivity index (χ1n) is 9.78. The number of hydrogen-bond acceptors (Lipinski definition) is 6. The van der Waals surface area contributed by atoms with Gasteiger partial charge in [0.15, 0.2) is 0 Å². The highest BCUT2D eigenvalue weighted by Gasteiger charge is 2.37. The van der Waals surface area contributed by atoms with Gasteiger partial charge in [-0.1, -0.05) is 11.3 Å². The van der Waals surface area contributed by atoms with Crippen LogP contribution in [-0.2, 0) is 0 Å². The normalized spacial score (nSPS) is 21.2. The highest BCUT2D eigenvalue weighted by atomic mass is 32.1. The highest BCUT2D eigenvalue weighted by molar-refractivity contribution is 7.20. The SMILES string of the molecule is Fc1ccc(-c2nc3sc(N4C[C@H]5CNC[C@H]5C4)nn3c2-c2ccncc2)cc1. The molecule has 0 bridgehead atoms. The Bertz CT molecular complexity index is 1160. The van der Waals surface area contributed by atoms with E-state index in [0.29, 0.717) is 11.8 Å². The van der Waals surface area contributed by atoms with E-state index in [0.717, 1.165) is 58.8 Å². The van der Waals surface area contributed by atoms with Crippen LogP contribution in [0.15, 0.2) is 48.8 Å². The van der Waals surface area contributed by atoms with Gasteiger partial charge in [0, 0.05) is 49.7 Å². The summed E-state index contributed by atoms with van der Waals surface area (Å²) in [6.07, 6.45) is 3.54. The lowest BCUT2D eigenvalue weighted by Crippen LogP contribution is -2.25. The summed E-state index contributed by atoms with van der Waals surface area (Å²) in [7, 11) is 0. The molecule has 29 heavy (non-hydrogen) atoms. The van der Waals surface area contributed by atoms with Crippen molar-refractivity contribution in [1.29, 1.82) is 0 Å². The fourth-order valence-electron chi connectivity index (χ4n) is 4.46. The number of nitrogens with zero attached hydrogens (tertiary/aromatic N) is 5. The summed E-state index contributed by atoms with van der Waals surface area (Å²) < 4.78 is 15.4. The molecule has 2 aliphatic rings. The molecule has 2 fully saturated rings. The Kier molecular flexibility index (Phi) is 3.88. The van der Waals surface area contributed by atoms with Gasteiger partial charge in [0.25, 0.3) is 0 Å². The lowest BCUT2D eigenvalue weighted by Gasteiger charge is -2.15. The number of halogens is 1. The van der Waals surface area contributed by atoms with Crippen LogP contribution in [0.3, 0.4) is 0 Å². The van der Waals surface area contributed by atoms with E-state index in [4.69, 9.17) is 10.1 Å². The maximum Gasteiger partial charge on any atom is 0.215 e. The van der Waals surface area contributed by atoms with E-state index in [1.165, 1.54) is 12.1 Å². The van der Waals surface area contributed by atoms with Gasteiger partial charge in [0.2, 0.25) is 10.1 Å². The van der Waals surface area contributed by atoms with Gasteiger partial charge in [-0.05, 0) is 48.2 Å². The van der Waals surface area contributed by atoms with Crippen molar-refractivity contribution in [3.8, 4) is 22.5 Å². The van der Waals surface area contributed by atoms with Crippen LogP contribution in [0.25, 0.3) is 27.5 Å². The van der Waals surface area contributed by atoms with Crippen LogP contribution in [0.2, 0.25) is 0 Å². The number of fused-ring (bicyclic) bond motifs is 2. The monoisotopic (exact) mass is 406 g/mol. The molecule has 8 heteroatoms. The van der Waals surface area contributed by atoms with Crippen LogP contribution >= 0.6 is 11.3 Å². The van der Waals surface area contributed by atoms with Crippen molar-refractivity contribution >= 4 is 21.4 Å². The Morgan fingerprint density at radius 2 is 1.69 bits per heavy atom. The van der Waals surface area contributed by atoms with Crippen molar-refractivity contribution in [3.05, 3.63) is 54.6 Å². The fraction of sp³-hybridized carbons (Fsp3) is 0.286. The molecular weight excluding hydrogens is 387 g/mol. The van der Waals surface area contributed by atoms with Crippen molar-refractivity contribution in [3.63, 3.8) is 0 Å². The van der Waals surface area contributed by atoms with Gasteiger partial charge in [-0.2, -0.15) is 0 Å². The molecular formula is C21H19FN6S. The van der Waals surface area contributed by atoms with Crippen molar-refractivity contribution in [2.75, 3.05) is 31.1 Å². The first-order chi connectivity index (χ1) is 14.3. The molecule has 0 spiro atoms. The van der Waals surface area contributed by atoms with Crippen LogP contribution in [0.1, 0.15) is 0 Å². The van der Waals surface area contributed by atoms with Crippen molar-refractivity contribution in [2.45, 2.75) is 0 Å². The number of hydrogen-bond donors (Lipinski definition) is 1. The van der Waals surface area contributed by atoms with E-state index in [9.17, 15) is 4.39 Å². The predicted molar refractivity (Wildman–Crippen MR) is 112 cm³/mol. The second kappa shape index (κ2) is 6.60. The third kappa shape index (κ3) is 2.82. The van der Waals surface area contributed by atoms with Crippen LogP contribution in [0.5, 0.6) is 0 Å². The first kappa shape index (κ1) is 17.1. The molecule has 6 nitrogen and oxygen atoms in total.